The molecule has 0 aromatic carbocycles. The quantitative estimate of drug-likeness (QED) is 0.785. The number of thiophene rings is 1. The number of nitrogens with one attached hydrogen (secondary N) is 1. The second-order valence-corrected chi connectivity index (χ2v) is 7.65. The summed E-state index contributed by atoms with van der Waals surface area (Å²) < 4.78 is 6.53. The van der Waals surface area contributed by atoms with E-state index in [9.17, 15) is 0 Å². The second-order valence-electron chi connectivity index (χ2n) is 6.17. The zero-order chi connectivity index (χ0) is 16.5. The van der Waals surface area contributed by atoms with Gasteiger partial charge in [0.05, 0.1) is 23.4 Å². The van der Waals surface area contributed by atoms with Gasteiger partial charge >= 0.3 is 0 Å². The molecule has 24 heavy (non-hydrogen) atoms. The van der Waals surface area contributed by atoms with Crippen LogP contribution in [-0.2, 0) is 11.3 Å². The molecule has 1 unspecified atom stereocenters. The number of morpholine rings is 1. The van der Waals surface area contributed by atoms with Gasteiger partial charge in [0.15, 0.2) is 5.82 Å². The molecule has 0 radical (unpaired) electrons. The first-order chi connectivity index (χ1) is 11.7. The van der Waals surface area contributed by atoms with Crippen LogP contribution in [0.25, 0.3) is 10.2 Å². The van der Waals surface area contributed by atoms with Crippen LogP contribution in [0.1, 0.15) is 11.3 Å². The van der Waals surface area contributed by atoms with Gasteiger partial charge in [0, 0.05) is 43.6 Å². The van der Waals surface area contributed by atoms with Gasteiger partial charge in [-0.1, -0.05) is 0 Å². The zero-order valence-electron chi connectivity index (χ0n) is 13.4. The molecule has 2 saturated heterocycles. The van der Waals surface area contributed by atoms with E-state index in [1.165, 1.54) is 4.88 Å². The highest BCUT2D eigenvalue weighted by Gasteiger charge is 2.21. The number of hydrazine groups is 1. The lowest BCUT2D eigenvalue weighted by molar-refractivity contribution is 0.122. The van der Waals surface area contributed by atoms with Gasteiger partial charge in [-0.3, -0.25) is 0 Å². The van der Waals surface area contributed by atoms with Crippen molar-refractivity contribution >= 4 is 39.0 Å². The minimum atomic E-state index is 0.275. The Hall–Kier alpha value is -1.03. The highest BCUT2D eigenvalue weighted by molar-refractivity contribution is 7.19. The highest BCUT2D eigenvalue weighted by Crippen LogP contribution is 2.33. The van der Waals surface area contributed by atoms with Gasteiger partial charge in [-0.15, -0.1) is 11.3 Å². The van der Waals surface area contributed by atoms with E-state index in [0.29, 0.717) is 5.28 Å². The topological polar surface area (TPSA) is 79.5 Å². The van der Waals surface area contributed by atoms with Gasteiger partial charge in [-0.05, 0) is 24.1 Å². The van der Waals surface area contributed by atoms with Crippen LogP contribution in [-0.4, -0.2) is 60.4 Å². The molecule has 2 aliphatic rings. The van der Waals surface area contributed by atoms with Crippen molar-refractivity contribution < 1.29 is 4.74 Å². The van der Waals surface area contributed by atoms with Crippen LogP contribution < -0.4 is 16.1 Å². The first-order valence-electron chi connectivity index (χ1n) is 8.22. The molecule has 7 nitrogen and oxygen atoms in total. The van der Waals surface area contributed by atoms with Crippen molar-refractivity contribution in [3.63, 3.8) is 0 Å². The number of anilines is 1. The monoisotopic (exact) mass is 368 g/mol. The van der Waals surface area contributed by atoms with Crippen LogP contribution in [0, 0.1) is 0 Å². The molecule has 2 fully saturated rings. The van der Waals surface area contributed by atoms with Gasteiger partial charge in [0.1, 0.15) is 0 Å². The highest BCUT2D eigenvalue weighted by atomic mass is 35.5. The first kappa shape index (κ1) is 16.4. The third-order valence-corrected chi connectivity index (χ3v) is 5.68. The Morgan fingerprint density at radius 3 is 2.92 bits per heavy atom. The molecule has 1 atom stereocenters. The van der Waals surface area contributed by atoms with Crippen molar-refractivity contribution in [1.29, 1.82) is 0 Å². The molecule has 4 heterocycles. The number of rotatable bonds is 4. The minimum absolute atomic E-state index is 0.275. The molecule has 130 valence electrons. The summed E-state index contributed by atoms with van der Waals surface area (Å²) in [5.41, 5.74) is 10.3. The number of nitrogens with zero attached hydrogens (tertiary/aromatic N) is 4. The zero-order valence-corrected chi connectivity index (χ0v) is 14.9. The molecular formula is C15H21ClN6OS. The minimum Gasteiger partial charge on any atom is -0.378 e. The van der Waals surface area contributed by atoms with Gasteiger partial charge in [0.2, 0.25) is 5.28 Å². The Morgan fingerprint density at radius 1 is 1.33 bits per heavy atom. The second kappa shape index (κ2) is 7.07. The van der Waals surface area contributed by atoms with Gasteiger partial charge in [-0.2, -0.15) is 4.98 Å². The Kier molecular flexibility index (Phi) is 4.84. The predicted molar refractivity (Wildman–Crippen MR) is 96.5 cm³/mol. The maximum absolute atomic E-state index is 6.14. The lowest BCUT2D eigenvalue weighted by atomic mass is 10.3. The third kappa shape index (κ3) is 3.49. The summed E-state index contributed by atoms with van der Waals surface area (Å²) in [5, 5.41) is 2.49. The molecular weight excluding hydrogens is 348 g/mol. The average Bonchev–Trinajstić information content (AvgIpc) is 3.18. The van der Waals surface area contributed by atoms with Crippen LogP contribution >= 0.6 is 22.9 Å². The molecule has 2 aromatic heterocycles. The van der Waals surface area contributed by atoms with Crippen LogP contribution in [0.2, 0.25) is 5.28 Å². The lowest BCUT2D eigenvalue weighted by Crippen LogP contribution is -2.37. The summed E-state index contributed by atoms with van der Waals surface area (Å²) in [4.78, 5) is 12.3. The molecule has 0 bridgehead atoms. The number of ether oxygens (including phenoxy) is 1. The van der Waals surface area contributed by atoms with E-state index in [1.54, 1.807) is 11.3 Å². The van der Waals surface area contributed by atoms with Crippen LogP contribution in [0.4, 0.5) is 5.82 Å². The molecule has 2 aromatic rings. The van der Waals surface area contributed by atoms with E-state index in [0.717, 1.165) is 68.4 Å². The molecule has 9 heteroatoms. The fraction of sp³-hybridized carbons (Fsp3) is 0.600. The standard InChI is InChI=1S/C15H21ClN6OS/c16-15-19-12-7-11(8-18-22-2-1-10(17)9-22)24-13(12)14(20-15)21-3-5-23-6-4-21/h7,10,18H,1-6,8-9,17H2. The number of hydrogen-bond donors (Lipinski definition) is 2. The van der Waals surface area contributed by atoms with E-state index in [-0.39, 0.29) is 6.04 Å². The van der Waals surface area contributed by atoms with Crippen LogP contribution in [0.3, 0.4) is 0 Å². The lowest BCUT2D eigenvalue weighted by Gasteiger charge is -2.28. The van der Waals surface area contributed by atoms with E-state index in [4.69, 9.17) is 22.1 Å². The Morgan fingerprint density at radius 2 is 2.17 bits per heavy atom. The van der Waals surface area contributed by atoms with Gasteiger partial charge < -0.3 is 15.4 Å². The van der Waals surface area contributed by atoms with Crippen LogP contribution in [0.15, 0.2) is 6.07 Å². The molecule has 2 aliphatic heterocycles. The van der Waals surface area contributed by atoms with Crippen LogP contribution in [0.5, 0.6) is 0 Å². The number of aromatic nitrogens is 2. The van der Waals surface area contributed by atoms with E-state index >= 15 is 0 Å². The summed E-state index contributed by atoms with van der Waals surface area (Å²) in [7, 11) is 0. The largest absolute Gasteiger partial charge is 0.378 e. The predicted octanol–water partition coefficient (Wildman–Crippen LogP) is 1.22. The molecule has 0 aliphatic carbocycles. The molecule has 4 rings (SSSR count). The van der Waals surface area contributed by atoms with E-state index in [1.807, 2.05) is 0 Å². The average molecular weight is 369 g/mol. The summed E-state index contributed by atoms with van der Waals surface area (Å²) >= 11 is 7.86. The van der Waals surface area contributed by atoms with Crippen molar-refractivity contribution in [1.82, 2.24) is 20.4 Å². The van der Waals surface area contributed by atoms with Crippen molar-refractivity contribution in [3.8, 4) is 0 Å². The summed E-state index contributed by atoms with van der Waals surface area (Å²) in [6, 6.07) is 2.37. The van der Waals surface area contributed by atoms with Crippen molar-refractivity contribution in [2.45, 2.75) is 19.0 Å². The number of halogens is 1. The molecule has 0 saturated carbocycles. The Bertz CT molecular complexity index is 719. The fourth-order valence-electron chi connectivity index (χ4n) is 3.13. The van der Waals surface area contributed by atoms with Crippen molar-refractivity contribution in [2.75, 3.05) is 44.3 Å². The van der Waals surface area contributed by atoms with Gasteiger partial charge in [0.25, 0.3) is 0 Å². The third-order valence-electron chi connectivity index (χ3n) is 4.39. The summed E-state index contributed by atoms with van der Waals surface area (Å²) in [6.07, 6.45) is 1.04. The van der Waals surface area contributed by atoms with E-state index < -0.39 is 0 Å². The maximum Gasteiger partial charge on any atom is 0.224 e. The Labute approximate surface area is 149 Å². The van der Waals surface area contributed by atoms with Crippen molar-refractivity contribution in [2.24, 2.45) is 5.73 Å². The maximum atomic E-state index is 6.14. The number of nitrogens with two attached hydrogens (primary N) is 1. The Balaban J connectivity index is 1.55. The fourth-order valence-corrected chi connectivity index (χ4v) is 4.35. The number of fused-ring (bicyclic) bond motifs is 1. The van der Waals surface area contributed by atoms with E-state index in [2.05, 4.69) is 31.4 Å². The van der Waals surface area contributed by atoms with Gasteiger partial charge in [-0.25, -0.2) is 15.4 Å². The smallest absolute Gasteiger partial charge is 0.224 e. The molecule has 0 amide bonds. The molecule has 3 N–H and O–H groups in total. The normalized spacial score (nSPS) is 22.6. The number of hydrogen-bond acceptors (Lipinski definition) is 8. The SMILES string of the molecule is NC1CCN(NCc2cc3nc(Cl)nc(N4CCOCC4)c3s2)C1. The molecule has 0 spiro atoms. The first-order valence-corrected chi connectivity index (χ1v) is 9.41. The summed E-state index contributed by atoms with van der Waals surface area (Å²) in [5.74, 6) is 0.924. The van der Waals surface area contributed by atoms with Crippen molar-refractivity contribution in [3.05, 3.63) is 16.2 Å². The summed E-state index contributed by atoms with van der Waals surface area (Å²) in [6.45, 7) is 5.77.